The van der Waals surface area contributed by atoms with Crippen LogP contribution >= 0.6 is 0 Å². The summed E-state index contributed by atoms with van der Waals surface area (Å²) in [5.74, 6) is 2.23. The number of aliphatic imine (C=N–C) groups is 1. The first-order valence-corrected chi connectivity index (χ1v) is 12.7. The first kappa shape index (κ1) is 24.8. The second kappa shape index (κ2) is 9.54. The smallest absolute Gasteiger partial charge is 0.251 e. The fraction of sp³-hybridized carbons (Fsp3) is 0.367. The largest absolute Gasteiger partial charge is 0.493 e. The number of nitrogens with one attached hydrogen (secondary N) is 2. The molecule has 2 aromatic carbocycles. The van der Waals surface area contributed by atoms with E-state index in [2.05, 4.69) is 49.4 Å². The fourth-order valence-corrected chi connectivity index (χ4v) is 5.17. The lowest BCUT2D eigenvalue weighted by Crippen LogP contribution is -2.31. The molecule has 0 unspecified atom stereocenters. The maximum Gasteiger partial charge on any atom is 0.251 e. The van der Waals surface area contributed by atoms with Crippen molar-refractivity contribution in [2.45, 2.75) is 51.7 Å². The number of carbonyl (C=O) groups is 1. The molecule has 0 bridgehead atoms. The van der Waals surface area contributed by atoms with Crippen LogP contribution in [0.15, 0.2) is 59.7 Å². The second-order valence-electron chi connectivity index (χ2n) is 10.9. The SMILES string of the molecule is COc1cc2c(c3c1OC(C)(C)C3)C(c1cccc(C(=O)NCCNc3ccccn3)c1)=NC(C)(C)C2. The van der Waals surface area contributed by atoms with Gasteiger partial charge >= 0.3 is 0 Å². The van der Waals surface area contributed by atoms with E-state index in [0.29, 0.717) is 18.7 Å². The van der Waals surface area contributed by atoms with Gasteiger partial charge in [-0.05, 0) is 70.0 Å². The van der Waals surface area contributed by atoms with Gasteiger partial charge < -0.3 is 20.1 Å². The average molecular weight is 499 g/mol. The molecule has 0 aliphatic carbocycles. The quantitative estimate of drug-likeness (QED) is 0.457. The second-order valence-corrected chi connectivity index (χ2v) is 10.9. The van der Waals surface area contributed by atoms with Crippen LogP contribution in [0.4, 0.5) is 5.82 Å². The van der Waals surface area contributed by atoms with Gasteiger partial charge in [0.25, 0.3) is 5.91 Å². The van der Waals surface area contributed by atoms with Gasteiger partial charge in [0, 0.05) is 48.0 Å². The van der Waals surface area contributed by atoms with Crippen molar-refractivity contribution in [2.24, 2.45) is 4.99 Å². The van der Waals surface area contributed by atoms with E-state index in [4.69, 9.17) is 14.5 Å². The van der Waals surface area contributed by atoms with Crippen LogP contribution in [0, 0.1) is 0 Å². The molecule has 2 N–H and O–H groups in total. The average Bonchev–Trinajstić information content (AvgIpc) is 3.20. The van der Waals surface area contributed by atoms with Crippen LogP contribution in [-0.4, -0.2) is 47.9 Å². The van der Waals surface area contributed by atoms with E-state index in [0.717, 1.165) is 52.6 Å². The molecule has 0 fully saturated rings. The van der Waals surface area contributed by atoms with Crippen molar-refractivity contribution in [3.05, 3.63) is 82.5 Å². The van der Waals surface area contributed by atoms with Crippen molar-refractivity contribution < 1.29 is 14.3 Å². The van der Waals surface area contributed by atoms with Crippen LogP contribution in [0.3, 0.4) is 0 Å². The van der Waals surface area contributed by atoms with Crippen LogP contribution in [0.5, 0.6) is 11.5 Å². The first-order valence-electron chi connectivity index (χ1n) is 12.7. The normalized spacial score (nSPS) is 16.6. The highest BCUT2D eigenvalue weighted by Gasteiger charge is 2.39. The van der Waals surface area contributed by atoms with Crippen molar-refractivity contribution in [1.82, 2.24) is 10.3 Å². The van der Waals surface area contributed by atoms with Crippen LogP contribution in [-0.2, 0) is 12.8 Å². The highest BCUT2D eigenvalue weighted by Crippen LogP contribution is 2.47. The monoisotopic (exact) mass is 498 g/mol. The summed E-state index contributed by atoms with van der Waals surface area (Å²) < 4.78 is 12.0. The Balaban J connectivity index is 1.43. The number of hydrogen-bond donors (Lipinski definition) is 2. The number of pyridine rings is 1. The lowest BCUT2D eigenvalue weighted by molar-refractivity contribution is 0.0955. The van der Waals surface area contributed by atoms with Gasteiger partial charge in [-0.15, -0.1) is 0 Å². The molecule has 1 amide bonds. The predicted octanol–water partition coefficient (Wildman–Crippen LogP) is 4.82. The van der Waals surface area contributed by atoms with Crippen molar-refractivity contribution in [3.63, 3.8) is 0 Å². The number of aromatic nitrogens is 1. The molecule has 0 radical (unpaired) electrons. The van der Waals surface area contributed by atoms with Gasteiger partial charge in [0.2, 0.25) is 0 Å². The summed E-state index contributed by atoms with van der Waals surface area (Å²) in [4.78, 5) is 22.4. The van der Waals surface area contributed by atoms with Crippen LogP contribution in [0.1, 0.15) is 60.3 Å². The molecular formula is C30H34N4O3. The van der Waals surface area contributed by atoms with Gasteiger partial charge in [-0.25, -0.2) is 4.98 Å². The molecule has 2 aliphatic rings. The van der Waals surface area contributed by atoms with E-state index in [1.54, 1.807) is 13.3 Å². The number of benzene rings is 2. The Kier molecular flexibility index (Phi) is 6.40. The standard InChI is InChI=1S/C30H34N4O3/c1-29(2)17-21-16-23(36-5)27-22(18-30(3,4)37-27)25(21)26(34-29)19-9-8-10-20(15-19)28(35)33-14-13-32-24-11-6-7-12-31-24/h6-12,15-16H,13-14,17-18H2,1-5H3,(H,31,32)(H,33,35). The van der Waals surface area contributed by atoms with E-state index in [-0.39, 0.29) is 17.0 Å². The van der Waals surface area contributed by atoms with Crippen molar-refractivity contribution in [1.29, 1.82) is 0 Å². The third-order valence-corrected chi connectivity index (χ3v) is 6.68. The predicted molar refractivity (Wildman–Crippen MR) is 146 cm³/mol. The molecule has 0 saturated heterocycles. The maximum atomic E-state index is 13.0. The molecule has 1 aromatic heterocycles. The number of hydrogen-bond acceptors (Lipinski definition) is 6. The number of ether oxygens (including phenoxy) is 2. The third-order valence-electron chi connectivity index (χ3n) is 6.68. The summed E-state index contributed by atoms with van der Waals surface area (Å²) in [5, 5.41) is 6.20. The van der Waals surface area contributed by atoms with Gasteiger partial charge in [-0.2, -0.15) is 0 Å². The molecule has 7 nitrogen and oxygen atoms in total. The number of rotatable bonds is 7. The number of nitrogens with zero attached hydrogens (tertiary/aromatic N) is 2. The Morgan fingerprint density at radius 1 is 1.05 bits per heavy atom. The topological polar surface area (TPSA) is 84.8 Å². The fourth-order valence-electron chi connectivity index (χ4n) is 5.17. The number of anilines is 1. The van der Waals surface area contributed by atoms with E-state index in [9.17, 15) is 4.79 Å². The van der Waals surface area contributed by atoms with Gasteiger partial charge in [0.1, 0.15) is 11.4 Å². The molecule has 3 aromatic rings. The molecule has 3 heterocycles. The summed E-state index contributed by atoms with van der Waals surface area (Å²) >= 11 is 0. The minimum Gasteiger partial charge on any atom is -0.493 e. The van der Waals surface area contributed by atoms with Crippen molar-refractivity contribution >= 4 is 17.4 Å². The van der Waals surface area contributed by atoms with Crippen LogP contribution < -0.4 is 20.1 Å². The molecule has 5 rings (SSSR count). The lowest BCUT2D eigenvalue weighted by atomic mass is 9.80. The van der Waals surface area contributed by atoms with E-state index >= 15 is 0 Å². The minimum atomic E-state index is -0.326. The highest BCUT2D eigenvalue weighted by molar-refractivity contribution is 6.16. The number of carbonyl (C=O) groups excluding carboxylic acids is 1. The van der Waals surface area contributed by atoms with E-state index in [1.807, 2.05) is 42.5 Å². The third kappa shape index (κ3) is 5.17. The molecule has 37 heavy (non-hydrogen) atoms. The molecule has 7 heteroatoms. The lowest BCUT2D eigenvalue weighted by Gasteiger charge is -2.31. The zero-order valence-corrected chi connectivity index (χ0v) is 22.1. The highest BCUT2D eigenvalue weighted by atomic mass is 16.5. The molecule has 192 valence electrons. The van der Waals surface area contributed by atoms with Gasteiger partial charge in [-0.3, -0.25) is 9.79 Å². The zero-order chi connectivity index (χ0) is 26.2. The number of fused-ring (bicyclic) bond motifs is 3. The summed E-state index contributed by atoms with van der Waals surface area (Å²) in [6.07, 6.45) is 3.31. The Morgan fingerprint density at radius 2 is 1.89 bits per heavy atom. The molecule has 0 spiro atoms. The summed E-state index contributed by atoms with van der Waals surface area (Å²) in [7, 11) is 1.69. The van der Waals surface area contributed by atoms with Gasteiger partial charge in [0.15, 0.2) is 11.5 Å². The Hall–Kier alpha value is -3.87. The molecule has 2 aliphatic heterocycles. The summed E-state index contributed by atoms with van der Waals surface area (Å²) in [5.41, 5.74) is 5.25. The van der Waals surface area contributed by atoms with Crippen molar-refractivity contribution in [3.8, 4) is 11.5 Å². The minimum absolute atomic E-state index is 0.120. The zero-order valence-electron chi connectivity index (χ0n) is 22.1. The number of methoxy groups -OCH3 is 1. The summed E-state index contributed by atoms with van der Waals surface area (Å²) in [6, 6.07) is 15.5. The Morgan fingerprint density at radius 3 is 2.65 bits per heavy atom. The number of amides is 1. The maximum absolute atomic E-state index is 13.0. The molecular weight excluding hydrogens is 464 g/mol. The van der Waals surface area contributed by atoms with E-state index in [1.165, 1.54) is 5.56 Å². The summed E-state index contributed by atoms with van der Waals surface area (Å²) in [6.45, 7) is 9.53. The van der Waals surface area contributed by atoms with Gasteiger partial charge in [-0.1, -0.05) is 18.2 Å². The molecule has 0 atom stereocenters. The van der Waals surface area contributed by atoms with Crippen LogP contribution in [0.2, 0.25) is 0 Å². The van der Waals surface area contributed by atoms with E-state index < -0.39 is 0 Å². The Bertz CT molecular complexity index is 1360. The molecule has 0 saturated carbocycles. The first-order chi connectivity index (χ1) is 17.7. The van der Waals surface area contributed by atoms with Crippen LogP contribution in [0.25, 0.3) is 0 Å². The van der Waals surface area contributed by atoms with Gasteiger partial charge in [0.05, 0.1) is 18.4 Å². The van der Waals surface area contributed by atoms with Crippen molar-refractivity contribution in [2.75, 3.05) is 25.5 Å². The Labute approximate surface area is 218 Å².